The molecule has 0 saturated carbocycles. The van der Waals surface area contributed by atoms with E-state index in [2.05, 4.69) is 36.0 Å². The van der Waals surface area contributed by atoms with Crippen LogP contribution in [0, 0.1) is 0 Å². The van der Waals surface area contributed by atoms with E-state index in [9.17, 15) is 0 Å². The molecule has 0 fully saturated rings. The minimum atomic E-state index is -0.0244. The Kier molecular flexibility index (Phi) is 2.71. The molecule has 13 heavy (non-hydrogen) atoms. The lowest BCUT2D eigenvalue weighted by atomic mass is 9.96. The van der Waals surface area contributed by atoms with Gasteiger partial charge in [-0.3, -0.25) is 5.10 Å². The molecular formula is C9H17N3O. The van der Waals surface area contributed by atoms with Gasteiger partial charge in [0.1, 0.15) is 6.10 Å². The highest BCUT2D eigenvalue weighted by Crippen LogP contribution is 2.19. The molecule has 0 spiro atoms. The van der Waals surface area contributed by atoms with Crippen molar-refractivity contribution in [2.75, 3.05) is 7.11 Å². The molecule has 1 aromatic rings. The van der Waals surface area contributed by atoms with Gasteiger partial charge >= 0.3 is 0 Å². The first kappa shape index (κ1) is 10.2. The molecule has 0 aliphatic rings. The quantitative estimate of drug-likeness (QED) is 0.760. The van der Waals surface area contributed by atoms with Gasteiger partial charge in [-0.25, -0.2) is 4.98 Å². The average molecular weight is 183 g/mol. The van der Waals surface area contributed by atoms with Crippen LogP contribution in [0.5, 0.6) is 0 Å². The molecule has 0 aromatic carbocycles. The Bertz CT molecular complexity index is 275. The molecule has 4 nitrogen and oxygen atoms in total. The fourth-order valence-corrected chi connectivity index (χ4v) is 0.903. The molecule has 1 atom stereocenters. The van der Waals surface area contributed by atoms with Gasteiger partial charge in [0.2, 0.25) is 0 Å². The number of hydrogen-bond donors (Lipinski definition) is 1. The molecule has 0 aliphatic carbocycles. The molecule has 1 rings (SSSR count). The van der Waals surface area contributed by atoms with Gasteiger partial charge in [0.05, 0.1) is 0 Å². The van der Waals surface area contributed by atoms with E-state index in [1.165, 1.54) is 0 Å². The molecule has 74 valence electrons. The van der Waals surface area contributed by atoms with Crippen LogP contribution in [0.1, 0.15) is 45.4 Å². The van der Waals surface area contributed by atoms with Crippen molar-refractivity contribution in [3.63, 3.8) is 0 Å². The van der Waals surface area contributed by atoms with Crippen molar-refractivity contribution in [3.05, 3.63) is 11.6 Å². The zero-order chi connectivity index (χ0) is 10.1. The summed E-state index contributed by atoms with van der Waals surface area (Å²) in [5.41, 5.74) is -0.0117. The molecule has 0 amide bonds. The van der Waals surface area contributed by atoms with Gasteiger partial charge in [-0.15, -0.1) is 0 Å². The predicted molar refractivity (Wildman–Crippen MR) is 50.5 cm³/mol. The molecular weight excluding hydrogens is 166 g/mol. The van der Waals surface area contributed by atoms with E-state index in [4.69, 9.17) is 4.74 Å². The number of rotatable bonds is 2. The molecule has 1 unspecified atom stereocenters. The minimum absolute atomic E-state index is 0.0117. The zero-order valence-electron chi connectivity index (χ0n) is 8.88. The Morgan fingerprint density at radius 1 is 1.38 bits per heavy atom. The summed E-state index contributed by atoms with van der Waals surface area (Å²) in [6.45, 7) is 8.18. The summed E-state index contributed by atoms with van der Waals surface area (Å²) in [5.74, 6) is 1.61. The number of nitrogens with zero attached hydrogens (tertiary/aromatic N) is 2. The van der Waals surface area contributed by atoms with Crippen molar-refractivity contribution in [2.45, 2.75) is 39.2 Å². The van der Waals surface area contributed by atoms with Crippen molar-refractivity contribution < 1.29 is 4.74 Å². The van der Waals surface area contributed by atoms with Crippen LogP contribution < -0.4 is 0 Å². The van der Waals surface area contributed by atoms with Crippen molar-refractivity contribution in [3.8, 4) is 0 Å². The Morgan fingerprint density at radius 2 is 2.00 bits per heavy atom. The van der Waals surface area contributed by atoms with Gasteiger partial charge in [-0.1, -0.05) is 20.8 Å². The molecule has 1 N–H and O–H groups in total. The summed E-state index contributed by atoms with van der Waals surface area (Å²) < 4.78 is 5.13. The van der Waals surface area contributed by atoms with Gasteiger partial charge in [-0.2, -0.15) is 5.10 Å². The van der Waals surface area contributed by atoms with E-state index in [0.29, 0.717) is 0 Å². The normalized spacial score (nSPS) is 14.5. The number of ether oxygens (including phenoxy) is 1. The Balaban J connectivity index is 2.87. The number of H-pyrrole nitrogens is 1. The largest absolute Gasteiger partial charge is 0.374 e. The smallest absolute Gasteiger partial charge is 0.156 e. The second kappa shape index (κ2) is 3.46. The van der Waals surface area contributed by atoms with Crippen LogP contribution >= 0.6 is 0 Å². The molecule has 0 radical (unpaired) electrons. The number of aromatic amines is 1. The summed E-state index contributed by atoms with van der Waals surface area (Å²) in [5, 5.41) is 7.02. The lowest BCUT2D eigenvalue weighted by Crippen LogP contribution is -2.13. The third-order valence-electron chi connectivity index (χ3n) is 1.91. The molecule has 0 bridgehead atoms. The highest BCUT2D eigenvalue weighted by Gasteiger charge is 2.20. The van der Waals surface area contributed by atoms with Crippen molar-refractivity contribution >= 4 is 0 Å². The summed E-state index contributed by atoms with van der Waals surface area (Å²) in [7, 11) is 1.66. The minimum Gasteiger partial charge on any atom is -0.374 e. The SMILES string of the molecule is COC(C)c1nc(C(C)(C)C)n[nH]1. The number of nitrogens with one attached hydrogen (secondary N) is 1. The monoisotopic (exact) mass is 183 g/mol. The summed E-state index contributed by atoms with van der Waals surface area (Å²) >= 11 is 0. The van der Waals surface area contributed by atoms with E-state index in [1.54, 1.807) is 7.11 Å². The molecule has 1 heterocycles. The highest BCUT2D eigenvalue weighted by atomic mass is 16.5. The third kappa shape index (κ3) is 2.28. The van der Waals surface area contributed by atoms with Crippen molar-refractivity contribution in [2.24, 2.45) is 0 Å². The van der Waals surface area contributed by atoms with Crippen LogP contribution in [0.15, 0.2) is 0 Å². The molecule has 0 saturated heterocycles. The Morgan fingerprint density at radius 3 is 2.38 bits per heavy atom. The lowest BCUT2D eigenvalue weighted by Gasteiger charge is -2.12. The number of aromatic nitrogens is 3. The standard InChI is InChI=1S/C9H17N3O/c1-6(13-5)7-10-8(12-11-7)9(2,3)4/h6H,1-5H3,(H,10,11,12). The van der Waals surface area contributed by atoms with Crippen LogP contribution in [-0.4, -0.2) is 22.3 Å². The predicted octanol–water partition coefficient (Wildman–Crippen LogP) is 1.81. The highest BCUT2D eigenvalue weighted by molar-refractivity contribution is 5.03. The van der Waals surface area contributed by atoms with Gasteiger partial charge in [0.15, 0.2) is 11.6 Å². The lowest BCUT2D eigenvalue weighted by molar-refractivity contribution is 0.112. The van der Waals surface area contributed by atoms with Gasteiger partial charge < -0.3 is 4.74 Å². The topological polar surface area (TPSA) is 50.8 Å². The van der Waals surface area contributed by atoms with Gasteiger partial charge in [0.25, 0.3) is 0 Å². The molecule has 4 heteroatoms. The van der Waals surface area contributed by atoms with E-state index in [-0.39, 0.29) is 11.5 Å². The second-order valence-corrected chi connectivity index (χ2v) is 4.17. The zero-order valence-corrected chi connectivity index (χ0v) is 8.88. The van der Waals surface area contributed by atoms with E-state index >= 15 is 0 Å². The Labute approximate surface area is 78.7 Å². The van der Waals surface area contributed by atoms with Crippen LogP contribution in [0.3, 0.4) is 0 Å². The summed E-state index contributed by atoms with van der Waals surface area (Å²) in [4.78, 5) is 4.36. The average Bonchev–Trinajstić information content (AvgIpc) is 2.50. The number of hydrogen-bond acceptors (Lipinski definition) is 3. The van der Waals surface area contributed by atoms with Crippen LogP contribution in [0.4, 0.5) is 0 Å². The fourth-order valence-electron chi connectivity index (χ4n) is 0.903. The molecule has 1 aromatic heterocycles. The maximum absolute atomic E-state index is 5.13. The fraction of sp³-hybridized carbons (Fsp3) is 0.778. The molecule has 0 aliphatic heterocycles. The maximum atomic E-state index is 5.13. The van der Waals surface area contributed by atoms with Crippen LogP contribution in [-0.2, 0) is 10.2 Å². The first-order chi connectivity index (χ1) is 5.95. The van der Waals surface area contributed by atoms with E-state index in [1.807, 2.05) is 6.92 Å². The van der Waals surface area contributed by atoms with Gasteiger partial charge in [-0.05, 0) is 6.92 Å². The van der Waals surface area contributed by atoms with Gasteiger partial charge in [0, 0.05) is 12.5 Å². The summed E-state index contributed by atoms with van der Waals surface area (Å²) in [6, 6.07) is 0. The Hall–Kier alpha value is -0.900. The maximum Gasteiger partial charge on any atom is 0.156 e. The first-order valence-corrected chi connectivity index (χ1v) is 4.40. The third-order valence-corrected chi connectivity index (χ3v) is 1.91. The van der Waals surface area contributed by atoms with Crippen LogP contribution in [0.25, 0.3) is 0 Å². The van der Waals surface area contributed by atoms with E-state index in [0.717, 1.165) is 11.6 Å². The van der Waals surface area contributed by atoms with E-state index < -0.39 is 0 Å². The first-order valence-electron chi connectivity index (χ1n) is 4.40. The summed E-state index contributed by atoms with van der Waals surface area (Å²) in [6.07, 6.45) is -0.0244. The van der Waals surface area contributed by atoms with Crippen molar-refractivity contribution in [1.29, 1.82) is 0 Å². The van der Waals surface area contributed by atoms with Crippen LogP contribution in [0.2, 0.25) is 0 Å². The second-order valence-electron chi connectivity index (χ2n) is 4.17. The van der Waals surface area contributed by atoms with Crippen molar-refractivity contribution in [1.82, 2.24) is 15.2 Å². The number of methoxy groups -OCH3 is 1.